The minimum atomic E-state index is -1.18. The fraction of sp³-hybridized carbons (Fsp3) is 0.833. The van der Waals surface area contributed by atoms with E-state index in [-0.39, 0.29) is 55.2 Å². The summed E-state index contributed by atoms with van der Waals surface area (Å²) in [7, 11) is 0. The van der Waals surface area contributed by atoms with Crippen molar-refractivity contribution in [2.75, 3.05) is 32.8 Å². The van der Waals surface area contributed by atoms with Gasteiger partial charge in [0.1, 0.15) is 0 Å². The molecule has 0 aliphatic heterocycles. The van der Waals surface area contributed by atoms with Crippen LogP contribution in [0.4, 0.5) is 0 Å². The van der Waals surface area contributed by atoms with Crippen molar-refractivity contribution in [3.63, 3.8) is 0 Å². The second-order valence-electron chi connectivity index (χ2n) is 8.06. The fourth-order valence-electron chi connectivity index (χ4n) is 3.39. The quantitative estimate of drug-likeness (QED) is 0.140. The molecule has 0 unspecified atom stereocenters. The van der Waals surface area contributed by atoms with Gasteiger partial charge in [0.25, 0.3) is 0 Å². The summed E-state index contributed by atoms with van der Waals surface area (Å²) in [5.74, 6) is -1.17. The van der Waals surface area contributed by atoms with Crippen LogP contribution < -0.4 is 40.0 Å². The van der Waals surface area contributed by atoms with E-state index in [1.807, 2.05) is 0 Å². The van der Waals surface area contributed by atoms with E-state index in [9.17, 15) is 14.7 Å². The molecule has 0 fully saturated rings. The van der Waals surface area contributed by atoms with Crippen LogP contribution in [0, 0.1) is 0 Å². The van der Waals surface area contributed by atoms with E-state index in [0.717, 1.165) is 25.7 Å². The smallest absolute Gasteiger partial charge is 0.549 e. The first-order valence-corrected chi connectivity index (χ1v) is 12.0. The summed E-state index contributed by atoms with van der Waals surface area (Å²) in [5.41, 5.74) is 0. The molecule has 6 nitrogen and oxygen atoms in total. The third kappa shape index (κ3) is 25.7. The second kappa shape index (κ2) is 25.9. The Kier molecular flexibility index (Phi) is 27.3. The van der Waals surface area contributed by atoms with Crippen molar-refractivity contribution < 1.29 is 49.4 Å². The molecule has 31 heavy (non-hydrogen) atoms. The average molecular weight is 449 g/mol. The van der Waals surface area contributed by atoms with Crippen molar-refractivity contribution in [3.8, 4) is 0 Å². The van der Waals surface area contributed by atoms with Crippen molar-refractivity contribution >= 4 is 11.9 Å². The number of aliphatic hydroxyl groups is 1. The summed E-state index contributed by atoms with van der Waals surface area (Å²) >= 11 is 0. The largest absolute Gasteiger partial charge is 1.00 e. The number of carboxylic acids is 1. The first-order valence-electron chi connectivity index (χ1n) is 12.0. The van der Waals surface area contributed by atoms with Gasteiger partial charge in [-0.15, -0.1) is 0 Å². The molecule has 1 amide bonds. The Labute approximate surface area is 212 Å². The number of nitrogens with one attached hydrogen (secondary N) is 1. The van der Waals surface area contributed by atoms with Crippen LogP contribution in [-0.2, 0) is 9.59 Å². The zero-order valence-electron chi connectivity index (χ0n) is 20.2. The maximum atomic E-state index is 11.8. The molecule has 7 heteroatoms. The van der Waals surface area contributed by atoms with E-state index < -0.39 is 5.97 Å². The Morgan fingerprint density at radius 1 is 0.871 bits per heavy atom. The van der Waals surface area contributed by atoms with Gasteiger partial charge < -0.3 is 20.3 Å². The minimum absolute atomic E-state index is 0. The predicted molar refractivity (Wildman–Crippen MR) is 121 cm³/mol. The van der Waals surface area contributed by atoms with E-state index in [1.54, 1.807) is 4.90 Å². The predicted octanol–water partition coefficient (Wildman–Crippen LogP) is 0.188. The van der Waals surface area contributed by atoms with Crippen LogP contribution in [0.25, 0.3) is 0 Å². The summed E-state index contributed by atoms with van der Waals surface area (Å²) in [4.78, 5) is 24.0. The molecular formula is C24H45N2NaO4. The van der Waals surface area contributed by atoms with Crippen LogP contribution in [0.15, 0.2) is 12.2 Å². The van der Waals surface area contributed by atoms with Gasteiger partial charge in [-0.25, -0.2) is 0 Å². The third-order valence-electron chi connectivity index (χ3n) is 5.18. The molecule has 0 spiro atoms. The Bertz CT molecular complexity index is 447. The van der Waals surface area contributed by atoms with Crippen LogP contribution >= 0.6 is 0 Å². The number of carbonyl (C=O) groups is 2. The van der Waals surface area contributed by atoms with E-state index in [1.165, 1.54) is 57.8 Å². The standard InChI is InChI=1S/C24H46N2O4.Na/c1-2-3-4-5-6-7-8-9-10-11-12-13-14-15-16-17-23(28)25-18-19-26(20-21-27)22-24(29)30;/h9-10,27H,2-8,11-22H2,1H3,(H,25,28)(H,29,30);/q;+1/p-1. The molecule has 2 N–H and O–H groups in total. The average Bonchev–Trinajstić information content (AvgIpc) is 2.70. The first kappa shape index (κ1) is 32.8. The van der Waals surface area contributed by atoms with E-state index >= 15 is 0 Å². The van der Waals surface area contributed by atoms with Crippen LogP contribution in [0.1, 0.15) is 96.8 Å². The van der Waals surface area contributed by atoms with Crippen molar-refractivity contribution in [2.45, 2.75) is 96.8 Å². The van der Waals surface area contributed by atoms with E-state index in [2.05, 4.69) is 24.4 Å². The SMILES string of the molecule is CCCCCCCCC=CCCCCCCCC(=O)NCCN(CCO)CC(=O)[O-].[Na+]. The van der Waals surface area contributed by atoms with Crippen molar-refractivity contribution in [1.82, 2.24) is 10.2 Å². The summed E-state index contributed by atoms with van der Waals surface area (Å²) in [6.07, 6.45) is 21.2. The number of rotatable bonds is 22. The molecule has 0 aliphatic carbocycles. The molecule has 0 aliphatic rings. The number of nitrogens with zero attached hydrogens (tertiary/aromatic N) is 1. The number of amides is 1. The minimum Gasteiger partial charge on any atom is -0.549 e. The van der Waals surface area contributed by atoms with Gasteiger partial charge in [-0.05, 0) is 32.1 Å². The normalized spacial score (nSPS) is 11.1. The van der Waals surface area contributed by atoms with Crippen LogP contribution in [-0.4, -0.2) is 54.7 Å². The van der Waals surface area contributed by atoms with Crippen molar-refractivity contribution in [3.05, 3.63) is 12.2 Å². The van der Waals surface area contributed by atoms with Gasteiger partial charge in [-0.3, -0.25) is 9.69 Å². The Hall–Kier alpha value is -0.400. The molecule has 0 atom stereocenters. The summed E-state index contributed by atoms with van der Waals surface area (Å²) in [6, 6.07) is 0. The number of hydrogen-bond donors (Lipinski definition) is 2. The maximum absolute atomic E-state index is 11.8. The van der Waals surface area contributed by atoms with Crippen molar-refractivity contribution in [2.24, 2.45) is 0 Å². The van der Waals surface area contributed by atoms with Gasteiger partial charge in [0.15, 0.2) is 0 Å². The number of unbranched alkanes of at least 4 members (excludes halogenated alkanes) is 11. The molecule has 0 aromatic carbocycles. The number of hydrogen-bond acceptors (Lipinski definition) is 5. The number of aliphatic hydroxyl groups excluding tert-OH is 1. The molecule has 0 aromatic heterocycles. The molecular weight excluding hydrogens is 403 g/mol. The van der Waals surface area contributed by atoms with E-state index in [4.69, 9.17) is 5.11 Å². The molecule has 176 valence electrons. The molecule has 0 rings (SSSR count). The monoisotopic (exact) mass is 448 g/mol. The Morgan fingerprint density at radius 2 is 1.42 bits per heavy atom. The zero-order valence-corrected chi connectivity index (χ0v) is 22.2. The maximum Gasteiger partial charge on any atom is 1.00 e. The molecule has 0 saturated heterocycles. The number of allylic oxidation sites excluding steroid dienone is 2. The van der Waals surface area contributed by atoms with Gasteiger partial charge in [-0.1, -0.05) is 70.4 Å². The Balaban J connectivity index is 0. The zero-order chi connectivity index (χ0) is 22.3. The van der Waals surface area contributed by atoms with Gasteiger partial charge in [-0.2, -0.15) is 0 Å². The molecule has 0 aromatic rings. The summed E-state index contributed by atoms with van der Waals surface area (Å²) < 4.78 is 0. The third-order valence-corrected chi connectivity index (χ3v) is 5.18. The van der Waals surface area contributed by atoms with E-state index in [0.29, 0.717) is 19.5 Å². The molecule has 0 bridgehead atoms. The number of aliphatic carboxylic acids is 1. The van der Waals surface area contributed by atoms with Crippen LogP contribution in [0.5, 0.6) is 0 Å². The van der Waals surface area contributed by atoms with Crippen LogP contribution in [0.3, 0.4) is 0 Å². The fourth-order valence-corrected chi connectivity index (χ4v) is 3.39. The summed E-state index contributed by atoms with van der Waals surface area (Å²) in [5, 5.41) is 22.3. The number of carbonyl (C=O) groups excluding carboxylic acids is 2. The topological polar surface area (TPSA) is 92.7 Å². The van der Waals surface area contributed by atoms with Gasteiger partial charge in [0, 0.05) is 32.6 Å². The Morgan fingerprint density at radius 3 is 1.97 bits per heavy atom. The van der Waals surface area contributed by atoms with Gasteiger partial charge in [0.05, 0.1) is 12.6 Å². The summed E-state index contributed by atoms with van der Waals surface area (Å²) in [6.45, 7) is 2.95. The van der Waals surface area contributed by atoms with Gasteiger partial charge in [0.2, 0.25) is 5.91 Å². The second-order valence-corrected chi connectivity index (χ2v) is 8.06. The van der Waals surface area contributed by atoms with Crippen LogP contribution in [0.2, 0.25) is 0 Å². The van der Waals surface area contributed by atoms with Crippen molar-refractivity contribution in [1.29, 1.82) is 0 Å². The number of carboxylic acid groups (broad SMARTS) is 1. The first-order chi connectivity index (χ1) is 14.6. The molecule has 0 saturated carbocycles. The van der Waals surface area contributed by atoms with Gasteiger partial charge >= 0.3 is 29.6 Å². The molecule has 0 heterocycles. The molecule has 0 radical (unpaired) electrons.